The Morgan fingerprint density at radius 3 is 2.33 bits per heavy atom. The van der Waals surface area contributed by atoms with E-state index in [0.29, 0.717) is 30.2 Å². The van der Waals surface area contributed by atoms with Crippen LogP contribution in [0.15, 0.2) is 28.5 Å². The topological polar surface area (TPSA) is 130 Å². The van der Waals surface area contributed by atoms with Crippen LogP contribution in [0.25, 0.3) is 0 Å². The molecular formula is C23H35N5O6S2. The molecule has 0 aliphatic carbocycles. The van der Waals surface area contributed by atoms with Crippen LogP contribution in [0.4, 0.5) is 20.4 Å². The molecule has 13 heteroatoms. The summed E-state index contributed by atoms with van der Waals surface area (Å²) in [6, 6.07) is 6.41. The fourth-order valence-electron chi connectivity index (χ4n) is 2.91. The van der Waals surface area contributed by atoms with E-state index in [1.165, 1.54) is 19.0 Å². The molecule has 0 saturated heterocycles. The maximum absolute atomic E-state index is 13.2. The Labute approximate surface area is 216 Å². The molecular weight excluding hydrogens is 506 g/mol. The normalized spacial score (nSPS) is 11.8. The molecule has 0 saturated carbocycles. The summed E-state index contributed by atoms with van der Waals surface area (Å²) in [6.07, 6.45) is -0.179. The number of nitrogens with zero attached hydrogens (tertiary/aromatic N) is 3. The number of ether oxygens (including phenoxy) is 2. The van der Waals surface area contributed by atoms with Gasteiger partial charge in [-0.1, -0.05) is 11.3 Å². The average molecular weight is 542 g/mol. The lowest BCUT2D eigenvalue weighted by atomic mass is 10.2. The van der Waals surface area contributed by atoms with E-state index in [2.05, 4.69) is 15.6 Å². The number of hydrogen-bond acceptors (Lipinski definition) is 8. The molecule has 2 rings (SSSR count). The molecule has 2 N–H and O–H groups in total. The lowest BCUT2D eigenvalue weighted by Crippen LogP contribution is -2.38. The second-order valence-corrected chi connectivity index (χ2v) is 12.3. The van der Waals surface area contributed by atoms with Crippen LogP contribution in [0.2, 0.25) is 0 Å². The largest absolute Gasteiger partial charge is 0.494 e. The van der Waals surface area contributed by atoms with Gasteiger partial charge in [-0.3, -0.25) is 4.90 Å². The lowest BCUT2D eigenvalue weighted by molar-refractivity contribution is 0.0527. The van der Waals surface area contributed by atoms with Crippen molar-refractivity contribution in [3.05, 3.63) is 30.0 Å². The number of rotatable bonds is 10. The van der Waals surface area contributed by atoms with E-state index in [1.807, 2.05) is 6.92 Å². The van der Waals surface area contributed by atoms with Gasteiger partial charge in [-0.05, 0) is 65.3 Å². The van der Waals surface area contributed by atoms with Gasteiger partial charge in [0.1, 0.15) is 11.4 Å². The number of urea groups is 1. The number of carbonyl (C=O) groups excluding carboxylic acids is 2. The van der Waals surface area contributed by atoms with E-state index in [-0.39, 0.29) is 22.4 Å². The van der Waals surface area contributed by atoms with E-state index in [9.17, 15) is 18.0 Å². The Morgan fingerprint density at radius 1 is 1.14 bits per heavy atom. The first kappa shape index (κ1) is 29.3. The van der Waals surface area contributed by atoms with Crippen LogP contribution in [0.1, 0.15) is 39.8 Å². The molecule has 11 nitrogen and oxygen atoms in total. The van der Waals surface area contributed by atoms with Gasteiger partial charge in [-0.25, -0.2) is 27.3 Å². The minimum atomic E-state index is -3.73. The summed E-state index contributed by atoms with van der Waals surface area (Å²) in [5.74, 6) is 0.676. The Balaban J connectivity index is 2.21. The van der Waals surface area contributed by atoms with Gasteiger partial charge in [0.2, 0.25) is 0 Å². The standard InChI is InChI=1S/C23H35N5O6S2/c1-8-33-18-12-10-17(11-13-18)26-20(29)28(15-9-14-24-22(30)34-23(3,4)5)21-25-16(2)19(35-21)36(31,32)27(6)7/h10-13H,8-9,14-15H2,1-7H3,(H,24,30)(H,26,29). The molecule has 1 aromatic carbocycles. The highest BCUT2D eigenvalue weighted by Gasteiger charge is 2.28. The maximum Gasteiger partial charge on any atom is 0.407 e. The van der Waals surface area contributed by atoms with Crippen molar-refractivity contribution < 1.29 is 27.5 Å². The van der Waals surface area contributed by atoms with E-state index >= 15 is 0 Å². The molecule has 0 radical (unpaired) electrons. The smallest absolute Gasteiger partial charge is 0.407 e. The third kappa shape index (κ3) is 8.35. The van der Waals surface area contributed by atoms with Crippen LogP contribution < -0.4 is 20.3 Å². The zero-order valence-electron chi connectivity index (χ0n) is 21.7. The summed E-state index contributed by atoms with van der Waals surface area (Å²) in [6.45, 7) is 9.71. The Hall–Kier alpha value is -2.90. The summed E-state index contributed by atoms with van der Waals surface area (Å²) < 4.78 is 37.2. The Kier molecular flexibility index (Phi) is 10.1. The molecule has 0 bridgehead atoms. The van der Waals surface area contributed by atoms with Crippen molar-refractivity contribution in [3.8, 4) is 5.75 Å². The number of carbonyl (C=O) groups is 2. The quantitative estimate of drug-likeness (QED) is 0.434. The number of sulfonamides is 1. The number of amides is 3. The van der Waals surface area contributed by atoms with Crippen LogP contribution in [0.5, 0.6) is 5.75 Å². The number of thiazole rings is 1. The van der Waals surface area contributed by atoms with E-state index in [0.717, 1.165) is 15.6 Å². The van der Waals surface area contributed by atoms with Gasteiger partial charge < -0.3 is 20.1 Å². The summed E-state index contributed by atoms with van der Waals surface area (Å²) in [4.78, 5) is 30.9. The van der Waals surface area contributed by atoms with Gasteiger partial charge in [0, 0.05) is 32.9 Å². The second-order valence-electron chi connectivity index (χ2n) is 8.98. The minimum absolute atomic E-state index is 0.0632. The summed E-state index contributed by atoms with van der Waals surface area (Å²) in [7, 11) is -0.851. The molecule has 3 amide bonds. The monoisotopic (exact) mass is 541 g/mol. The van der Waals surface area contributed by atoms with Crippen molar-refractivity contribution in [3.63, 3.8) is 0 Å². The Morgan fingerprint density at radius 2 is 1.78 bits per heavy atom. The van der Waals surface area contributed by atoms with Crippen LogP contribution in [0, 0.1) is 6.92 Å². The molecule has 2 aromatic rings. The van der Waals surface area contributed by atoms with Crippen molar-refractivity contribution >= 4 is 44.3 Å². The molecule has 0 atom stereocenters. The number of anilines is 2. The second kappa shape index (κ2) is 12.4. The molecule has 0 fully saturated rings. The zero-order chi connectivity index (χ0) is 27.1. The highest BCUT2D eigenvalue weighted by atomic mass is 32.2. The SMILES string of the molecule is CCOc1ccc(NC(=O)N(CCCNC(=O)OC(C)(C)C)c2nc(C)c(S(=O)(=O)N(C)C)s2)cc1. The number of alkyl carbamates (subject to hydrolysis) is 1. The first-order chi connectivity index (χ1) is 16.7. The zero-order valence-corrected chi connectivity index (χ0v) is 23.4. The molecule has 36 heavy (non-hydrogen) atoms. The van der Waals surface area contributed by atoms with Crippen molar-refractivity contribution in [1.29, 1.82) is 0 Å². The van der Waals surface area contributed by atoms with Crippen LogP contribution >= 0.6 is 11.3 Å². The highest BCUT2D eigenvalue weighted by molar-refractivity contribution is 7.91. The van der Waals surface area contributed by atoms with E-state index in [1.54, 1.807) is 52.0 Å². The number of aryl methyl sites for hydroxylation is 1. The van der Waals surface area contributed by atoms with Gasteiger partial charge in [0.05, 0.1) is 12.3 Å². The average Bonchev–Trinajstić information content (AvgIpc) is 3.15. The number of hydrogen-bond donors (Lipinski definition) is 2. The van der Waals surface area contributed by atoms with Gasteiger partial charge in [-0.15, -0.1) is 0 Å². The summed E-state index contributed by atoms with van der Waals surface area (Å²) >= 11 is 0.915. The van der Waals surface area contributed by atoms with Gasteiger partial charge >= 0.3 is 12.1 Å². The van der Waals surface area contributed by atoms with Gasteiger partial charge in [0.25, 0.3) is 10.0 Å². The van der Waals surface area contributed by atoms with Crippen LogP contribution in [-0.4, -0.2) is 69.2 Å². The first-order valence-electron chi connectivity index (χ1n) is 11.4. The number of nitrogens with one attached hydrogen (secondary N) is 2. The summed E-state index contributed by atoms with van der Waals surface area (Å²) in [5, 5.41) is 5.69. The molecule has 0 unspecified atom stereocenters. The van der Waals surface area contributed by atoms with Crippen LogP contribution in [0.3, 0.4) is 0 Å². The van der Waals surface area contributed by atoms with E-state index in [4.69, 9.17) is 9.47 Å². The predicted molar refractivity (Wildman–Crippen MR) is 141 cm³/mol. The summed E-state index contributed by atoms with van der Waals surface area (Å²) in [5.41, 5.74) is 0.213. The minimum Gasteiger partial charge on any atom is -0.494 e. The fraction of sp³-hybridized carbons (Fsp3) is 0.522. The Bertz CT molecular complexity index is 1140. The number of benzene rings is 1. The molecule has 0 aliphatic rings. The maximum atomic E-state index is 13.2. The van der Waals surface area contributed by atoms with Crippen molar-refractivity contribution in [2.75, 3.05) is 44.0 Å². The lowest BCUT2D eigenvalue weighted by Gasteiger charge is -2.22. The number of aromatic nitrogens is 1. The van der Waals surface area contributed by atoms with Gasteiger partial charge in [0.15, 0.2) is 9.34 Å². The molecule has 0 spiro atoms. The molecule has 200 valence electrons. The predicted octanol–water partition coefficient (Wildman–Crippen LogP) is 4.05. The molecule has 1 aromatic heterocycles. The highest BCUT2D eigenvalue weighted by Crippen LogP contribution is 2.32. The first-order valence-corrected chi connectivity index (χ1v) is 13.7. The van der Waals surface area contributed by atoms with Crippen LogP contribution in [-0.2, 0) is 14.8 Å². The molecule has 1 heterocycles. The van der Waals surface area contributed by atoms with Crippen molar-refractivity contribution in [2.45, 2.75) is 50.8 Å². The molecule has 0 aliphatic heterocycles. The van der Waals surface area contributed by atoms with Gasteiger partial charge in [-0.2, -0.15) is 0 Å². The third-order valence-electron chi connectivity index (χ3n) is 4.58. The van der Waals surface area contributed by atoms with E-state index < -0.39 is 27.7 Å². The van der Waals surface area contributed by atoms with Crippen molar-refractivity contribution in [2.24, 2.45) is 0 Å². The van der Waals surface area contributed by atoms with Crippen molar-refractivity contribution in [1.82, 2.24) is 14.6 Å². The third-order valence-corrected chi connectivity index (χ3v) is 8.16. The fourth-order valence-corrected chi connectivity index (χ4v) is 5.58.